The van der Waals surface area contributed by atoms with Crippen LogP contribution in [0.25, 0.3) is 0 Å². The summed E-state index contributed by atoms with van der Waals surface area (Å²) in [5.41, 5.74) is 0.136. The number of aromatic nitrogens is 3. The monoisotopic (exact) mass is 270 g/mol. The number of aliphatic hydroxyl groups excluding tert-OH is 1. The highest BCUT2D eigenvalue weighted by Crippen LogP contribution is 2.18. The first-order chi connectivity index (χ1) is 8.97. The van der Waals surface area contributed by atoms with Crippen molar-refractivity contribution in [3.8, 4) is 0 Å². The normalized spacial score (nSPS) is 12.4. The van der Waals surface area contributed by atoms with Gasteiger partial charge in [-0.05, 0) is 22.6 Å². The molecule has 0 radical (unpaired) electrons. The molecule has 19 heavy (non-hydrogen) atoms. The van der Waals surface area contributed by atoms with Crippen molar-refractivity contribution in [1.82, 2.24) is 14.8 Å². The highest BCUT2D eigenvalue weighted by atomic mass is 19.2. The fraction of sp³-hybridized carbons (Fsp3) is 0.200. The van der Waals surface area contributed by atoms with Gasteiger partial charge >= 0.3 is 5.95 Å². The third-order valence-corrected chi connectivity index (χ3v) is 2.38. The summed E-state index contributed by atoms with van der Waals surface area (Å²) in [5, 5.41) is 23.6. The zero-order valence-corrected chi connectivity index (χ0v) is 9.40. The van der Waals surface area contributed by atoms with Crippen LogP contribution >= 0.6 is 0 Å². The van der Waals surface area contributed by atoms with E-state index in [-0.39, 0.29) is 12.1 Å². The Morgan fingerprint density at radius 3 is 2.74 bits per heavy atom. The summed E-state index contributed by atoms with van der Waals surface area (Å²) in [4.78, 5) is 13.0. The predicted molar refractivity (Wildman–Crippen MR) is 58.0 cm³/mol. The van der Waals surface area contributed by atoms with Crippen LogP contribution in [0.5, 0.6) is 0 Å². The van der Waals surface area contributed by atoms with Crippen LogP contribution in [0.3, 0.4) is 0 Å². The quantitative estimate of drug-likeness (QED) is 0.665. The number of halogens is 2. The minimum absolute atomic E-state index is 0.136. The number of benzene rings is 1. The van der Waals surface area contributed by atoms with E-state index in [2.05, 4.69) is 10.1 Å². The predicted octanol–water partition coefficient (Wildman–Crippen LogP) is 1.20. The number of aliphatic hydroxyl groups is 1. The Morgan fingerprint density at radius 1 is 1.42 bits per heavy atom. The maximum atomic E-state index is 13.0. The molecule has 1 unspecified atom stereocenters. The van der Waals surface area contributed by atoms with Gasteiger partial charge in [-0.3, -0.25) is 0 Å². The molecule has 1 aromatic carbocycles. The second-order valence-electron chi connectivity index (χ2n) is 3.71. The van der Waals surface area contributed by atoms with Crippen molar-refractivity contribution in [2.45, 2.75) is 12.6 Å². The third kappa shape index (κ3) is 2.88. The molecule has 0 bridgehead atoms. The minimum atomic E-state index is -1.18. The van der Waals surface area contributed by atoms with Gasteiger partial charge in [0.2, 0.25) is 6.33 Å². The van der Waals surface area contributed by atoms with Gasteiger partial charge in [-0.2, -0.15) is 4.68 Å². The smallest absolute Gasteiger partial charge is 0.390 e. The third-order valence-electron chi connectivity index (χ3n) is 2.38. The Kier molecular flexibility index (Phi) is 3.47. The molecule has 2 aromatic rings. The van der Waals surface area contributed by atoms with Crippen molar-refractivity contribution in [1.29, 1.82) is 0 Å². The van der Waals surface area contributed by atoms with Gasteiger partial charge in [0.05, 0.1) is 6.54 Å². The highest BCUT2D eigenvalue weighted by Gasteiger charge is 2.17. The molecule has 0 amide bonds. The molecular weight excluding hydrogens is 262 g/mol. The molecular formula is C10H8F2N4O3. The van der Waals surface area contributed by atoms with E-state index < -0.39 is 28.6 Å². The van der Waals surface area contributed by atoms with Gasteiger partial charge in [-0.25, -0.2) is 8.78 Å². The molecule has 1 aromatic heterocycles. The molecule has 0 saturated heterocycles. The van der Waals surface area contributed by atoms with Gasteiger partial charge in [-0.1, -0.05) is 11.1 Å². The van der Waals surface area contributed by atoms with E-state index in [1.54, 1.807) is 0 Å². The zero-order chi connectivity index (χ0) is 14.0. The maximum absolute atomic E-state index is 13.0. The van der Waals surface area contributed by atoms with Crippen molar-refractivity contribution < 1.29 is 18.8 Å². The Bertz CT molecular complexity index is 617. The van der Waals surface area contributed by atoms with Crippen molar-refractivity contribution in [3.05, 3.63) is 51.8 Å². The number of rotatable bonds is 4. The summed E-state index contributed by atoms with van der Waals surface area (Å²) in [5.74, 6) is -2.70. The van der Waals surface area contributed by atoms with Gasteiger partial charge in [0.1, 0.15) is 6.10 Å². The summed E-state index contributed by atoms with van der Waals surface area (Å²) >= 11 is 0. The first-order valence-corrected chi connectivity index (χ1v) is 5.14. The number of nitrogens with zero attached hydrogens (tertiary/aromatic N) is 4. The van der Waals surface area contributed by atoms with Crippen molar-refractivity contribution in [2.24, 2.45) is 0 Å². The molecule has 1 atom stereocenters. The highest BCUT2D eigenvalue weighted by molar-refractivity contribution is 5.19. The summed E-state index contributed by atoms with van der Waals surface area (Å²) in [6, 6.07) is 2.96. The van der Waals surface area contributed by atoms with E-state index in [9.17, 15) is 24.0 Å². The lowest BCUT2D eigenvalue weighted by atomic mass is 10.1. The van der Waals surface area contributed by atoms with Crippen molar-refractivity contribution in [2.75, 3.05) is 0 Å². The summed E-state index contributed by atoms with van der Waals surface area (Å²) in [6.07, 6.45) is -0.113. The first kappa shape index (κ1) is 13.0. The van der Waals surface area contributed by atoms with Gasteiger partial charge < -0.3 is 15.2 Å². The van der Waals surface area contributed by atoms with Crippen molar-refractivity contribution in [3.63, 3.8) is 0 Å². The fourth-order valence-electron chi connectivity index (χ4n) is 1.46. The molecule has 0 aliphatic heterocycles. The minimum Gasteiger partial charge on any atom is -0.390 e. The second kappa shape index (κ2) is 5.06. The van der Waals surface area contributed by atoms with E-state index in [1.165, 1.54) is 6.07 Å². The van der Waals surface area contributed by atoms with Gasteiger partial charge in [0.15, 0.2) is 11.6 Å². The van der Waals surface area contributed by atoms with Crippen LogP contribution in [-0.4, -0.2) is 24.8 Å². The Hall–Kier alpha value is -2.42. The largest absolute Gasteiger partial charge is 0.490 e. The van der Waals surface area contributed by atoms with E-state index >= 15 is 0 Å². The Balaban J connectivity index is 2.13. The molecule has 100 valence electrons. The molecule has 0 saturated carbocycles. The van der Waals surface area contributed by atoms with Crippen LogP contribution in [0.4, 0.5) is 14.7 Å². The van der Waals surface area contributed by atoms with Crippen molar-refractivity contribution >= 4 is 5.95 Å². The molecule has 0 aliphatic rings. The molecule has 1 heterocycles. The summed E-state index contributed by atoms with van der Waals surface area (Å²) < 4.78 is 26.7. The lowest BCUT2D eigenvalue weighted by Crippen LogP contribution is -2.10. The summed E-state index contributed by atoms with van der Waals surface area (Å²) in [6.45, 7) is -0.161. The SMILES string of the molecule is O=[N+]([O-])c1ncn(CC(O)c2ccc(F)c(F)c2)n1. The molecule has 1 N–H and O–H groups in total. The summed E-state index contributed by atoms with van der Waals surface area (Å²) in [7, 11) is 0. The van der Waals surface area contributed by atoms with Crippen LogP contribution in [0.1, 0.15) is 11.7 Å². The first-order valence-electron chi connectivity index (χ1n) is 5.14. The lowest BCUT2D eigenvalue weighted by molar-refractivity contribution is -0.394. The topological polar surface area (TPSA) is 94.1 Å². The van der Waals surface area contributed by atoms with Gasteiger partial charge in [-0.15, -0.1) is 0 Å². The average molecular weight is 270 g/mol. The molecule has 9 heteroatoms. The number of nitro groups is 1. The van der Waals surface area contributed by atoms with E-state index in [1.807, 2.05) is 0 Å². The average Bonchev–Trinajstić information content (AvgIpc) is 2.81. The standard InChI is InChI=1S/C10H8F2N4O3/c11-7-2-1-6(3-8(7)12)9(17)4-15-5-13-10(14-15)16(18)19/h1-3,5,9,17H,4H2. The molecule has 7 nitrogen and oxygen atoms in total. The van der Waals surface area contributed by atoms with E-state index in [0.717, 1.165) is 23.1 Å². The van der Waals surface area contributed by atoms with E-state index in [0.29, 0.717) is 0 Å². The van der Waals surface area contributed by atoms with Crippen LogP contribution in [0.15, 0.2) is 24.5 Å². The number of hydrogen-bond donors (Lipinski definition) is 1. The van der Waals surface area contributed by atoms with E-state index in [4.69, 9.17) is 0 Å². The maximum Gasteiger partial charge on any atom is 0.490 e. The van der Waals surface area contributed by atoms with Crippen LogP contribution in [-0.2, 0) is 6.54 Å². The lowest BCUT2D eigenvalue weighted by Gasteiger charge is -2.09. The Morgan fingerprint density at radius 2 is 2.16 bits per heavy atom. The zero-order valence-electron chi connectivity index (χ0n) is 9.40. The van der Waals surface area contributed by atoms with Crippen LogP contribution in [0.2, 0.25) is 0 Å². The fourth-order valence-corrected chi connectivity index (χ4v) is 1.46. The molecule has 0 fully saturated rings. The van der Waals surface area contributed by atoms with Crippen LogP contribution in [0, 0.1) is 21.7 Å². The second-order valence-corrected chi connectivity index (χ2v) is 3.71. The molecule has 2 rings (SSSR count). The van der Waals surface area contributed by atoms with Crippen LogP contribution < -0.4 is 0 Å². The van der Waals surface area contributed by atoms with Gasteiger partial charge in [0, 0.05) is 5.10 Å². The molecule has 0 aliphatic carbocycles. The number of hydrogen-bond acceptors (Lipinski definition) is 5. The van der Waals surface area contributed by atoms with Gasteiger partial charge in [0.25, 0.3) is 0 Å². The Labute approximate surface area is 105 Å². The molecule has 0 spiro atoms.